The van der Waals surface area contributed by atoms with Crippen LogP contribution in [0.2, 0.25) is 5.02 Å². The average Bonchev–Trinajstić information content (AvgIpc) is 2.34. The highest BCUT2D eigenvalue weighted by atomic mass is 79.9. The van der Waals surface area contributed by atoms with E-state index in [9.17, 15) is 0 Å². The SMILES string of the molecule is Nc1c2c(nc3c(Cl)ccc(Br)c13)CCOC2. The average molecular weight is 314 g/mol. The van der Waals surface area contributed by atoms with Gasteiger partial charge in [-0.05, 0) is 12.1 Å². The minimum absolute atomic E-state index is 0.531. The third-order valence-corrected chi connectivity index (χ3v) is 3.96. The Morgan fingerprint density at radius 1 is 1.41 bits per heavy atom. The fraction of sp³-hybridized carbons (Fsp3) is 0.250. The van der Waals surface area contributed by atoms with Gasteiger partial charge in [-0.25, -0.2) is 0 Å². The van der Waals surface area contributed by atoms with Crippen molar-refractivity contribution in [3.8, 4) is 0 Å². The van der Waals surface area contributed by atoms with E-state index in [-0.39, 0.29) is 0 Å². The molecule has 2 heterocycles. The highest BCUT2D eigenvalue weighted by Gasteiger charge is 2.19. The number of fused-ring (bicyclic) bond motifs is 2. The summed E-state index contributed by atoms with van der Waals surface area (Å²) in [6.07, 6.45) is 0.790. The van der Waals surface area contributed by atoms with Crippen molar-refractivity contribution in [2.45, 2.75) is 13.0 Å². The molecule has 0 bridgehead atoms. The smallest absolute Gasteiger partial charge is 0.0923 e. The van der Waals surface area contributed by atoms with Crippen molar-refractivity contribution in [2.24, 2.45) is 0 Å². The van der Waals surface area contributed by atoms with E-state index >= 15 is 0 Å². The molecule has 5 heteroatoms. The summed E-state index contributed by atoms with van der Waals surface area (Å²) >= 11 is 9.66. The Kier molecular flexibility index (Phi) is 2.73. The van der Waals surface area contributed by atoms with Gasteiger partial charge in [0.1, 0.15) is 0 Å². The number of rotatable bonds is 0. The molecule has 1 aliphatic heterocycles. The van der Waals surface area contributed by atoms with E-state index in [1.54, 1.807) is 0 Å². The van der Waals surface area contributed by atoms with Crippen molar-refractivity contribution in [2.75, 3.05) is 12.3 Å². The second-order valence-corrected chi connectivity index (χ2v) is 5.27. The maximum atomic E-state index is 6.20. The number of anilines is 1. The molecule has 0 spiro atoms. The Bertz CT molecular complexity index is 615. The molecular weight excluding hydrogens is 304 g/mol. The third kappa shape index (κ3) is 1.71. The summed E-state index contributed by atoms with van der Waals surface area (Å²) in [5.74, 6) is 0. The molecule has 88 valence electrons. The van der Waals surface area contributed by atoms with E-state index in [1.807, 2.05) is 12.1 Å². The monoisotopic (exact) mass is 312 g/mol. The molecule has 2 aromatic rings. The summed E-state index contributed by atoms with van der Waals surface area (Å²) in [7, 11) is 0. The Morgan fingerprint density at radius 2 is 2.24 bits per heavy atom. The van der Waals surface area contributed by atoms with E-state index in [0.29, 0.717) is 18.2 Å². The second kappa shape index (κ2) is 4.12. The van der Waals surface area contributed by atoms with Crippen LogP contribution < -0.4 is 5.73 Å². The summed E-state index contributed by atoms with van der Waals surface area (Å²) in [4.78, 5) is 4.62. The number of pyridine rings is 1. The Morgan fingerprint density at radius 3 is 3.06 bits per heavy atom. The molecule has 0 atom stereocenters. The first kappa shape index (κ1) is 11.3. The molecule has 0 aliphatic carbocycles. The van der Waals surface area contributed by atoms with Gasteiger partial charge in [-0.3, -0.25) is 4.98 Å². The standard InChI is InChI=1S/C12H10BrClN2O/c13-7-1-2-8(14)12-10(7)11(15)6-5-17-4-3-9(6)16-12/h1-2H,3-5H2,(H2,15,16). The number of ether oxygens (including phenoxy) is 1. The van der Waals surface area contributed by atoms with Gasteiger partial charge >= 0.3 is 0 Å². The molecule has 17 heavy (non-hydrogen) atoms. The van der Waals surface area contributed by atoms with Crippen LogP contribution in [0.3, 0.4) is 0 Å². The van der Waals surface area contributed by atoms with E-state index < -0.39 is 0 Å². The van der Waals surface area contributed by atoms with Gasteiger partial charge in [-0.2, -0.15) is 0 Å². The number of aromatic nitrogens is 1. The number of benzene rings is 1. The lowest BCUT2D eigenvalue weighted by Crippen LogP contribution is -2.14. The Labute approximate surface area is 112 Å². The lowest BCUT2D eigenvalue weighted by Gasteiger charge is -2.19. The molecule has 3 rings (SSSR count). The van der Waals surface area contributed by atoms with Gasteiger partial charge in [0.2, 0.25) is 0 Å². The van der Waals surface area contributed by atoms with Crippen LogP contribution in [-0.4, -0.2) is 11.6 Å². The second-order valence-electron chi connectivity index (χ2n) is 4.01. The van der Waals surface area contributed by atoms with Crippen LogP contribution in [-0.2, 0) is 17.8 Å². The Balaban J connectivity index is 2.44. The lowest BCUT2D eigenvalue weighted by atomic mass is 10.0. The number of nitrogen functional groups attached to an aromatic ring is 1. The summed E-state index contributed by atoms with van der Waals surface area (Å²) < 4.78 is 6.34. The summed E-state index contributed by atoms with van der Waals surface area (Å²) in [5.41, 5.74) is 9.68. The maximum absolute atomic E-state index is 6.20. The van der Waals surface area contributed by atoms with Crippen LogP contribution in [0.15, 0.2) is 16.6 Å². The van der Waals surface area contributed by atoms with Gasteiger partial charge in [0.15, 0.2) is 0 Å². The highest BCUT2D eigenvalue weighted by Crippen LogP contribution is 2.36. The van der Waals surface area contributed by atoms with Crippen molar-refractivity contribution < 1.29 is 4.74 Å². The topological polar surface area (TPSA) is 48.1 Å². The fourth-order valence-electron chi connectivity index (χ4n) is 2.13. The lowest BCUT2D eigenvalue weighted by molar-refractivity contribution is 0.110. The number of hydrogen-bond donors (Lipinski definition) is 1. The van der Waals surface area contributed by atoms with Crippen LogP contribution in [0.1, 0.15) is 11.3 Å². The van der Waals surface area contributed by atoms with Gasteiger partial charge in [0.05, 0.1) is 29.4 Å². The molecule has 0 amide bonds. The first-order chi connectivity index (χ1) is 8.18. The maximum Gasteiger partial charge on any atom is 0.0923 e. The minimum Gasteiger partial charge on any atom is -0.398 e. The number of hydrogen-bond acceptors (Lipinski definition) is 3. The molecule has 2 N–H and O–H groups in total. The normalized spacial score (nSPS) is 14.9. The van der Waals surface area contributed by atoms with Gasteiger partial charge in [0, 0.05) is 27.5 Å². The fourth-order valence-corrected chi connectivity index (χ4v) is 2.86. The van der Waals surface area contributed by atoms with Crippen molar-refractivity contribution in [3.63, 3.8) is 0 Å². The van der Waals surface area contributed by atoms with E-state index in [2.05, 4.69) is 20.9 Å². The zero-order chi connectivity index (χ0) is 12.0. The van der Waals surface area contributed by atoms with E-state index in [0.717, 1.165) is 38.7 Å². The van der Waals surface area contributed by atoms with Crippen LogP contribution in [0, 0.1) is 0 Å². The predicted octanol–water partition coefficient (Wildman–Crippen LogP) is 3.31. The highest BCUT2D eigenvalue weighted by molar-refractivity contribution is 9.10. The van der Waals surface area contributed by atoms with Crippen LogP contribution >= 0.6 is 27.5 Å². The van der Waals surface area contributed by atoms with Gasteiger partial charge in [-0.1, -0.05) is 27.5 Å². The largest absolute Gasteiger partial charge is 0.398 e. The first-order valence-corrected chi connectivity index (χ1v) is 6.48. The first-order valence-electron chi connectivity index (χ1n) is 5.31. The quantitative estimate of drug-likeness (QED) is 0.812. The van der Waals surface area contributed by atoms with Crippen LogP contribution in [0.25, 0.3) is 10.9 Å². The van der Waals surface area contributed by atoms with Crippen LogP contribution in [0.5, 0.6) is 0 Å². The van der Waals surface area contributed by atoms with Crippen molar-refractivity contribution in [3.05, 3.63) is 32.9 Å². The molecule has 0 saturated carbocycles. The predicted molar refractivity (Wildman–Crippen MR) is 72.2 cm³/mol. The molecule has 1 aliphatic rings. The number of nitrogens with two attached hydrogens (primary N) is 1. The van der Waals surface area contributed by atoms with Crippen LogP contribution in [0.4, 0.5) is 5.69 Å². The van der Waals surface area contributed by atoms with Crippen molar-refractivity contribution in [1.82, 2.24) is 4.98 Å². The molecule has 3 nitrogen and oxygen atoms in total. The number of nitrogens with zero attached hydrogens (tertiary/aromatic N) is 1. The third-order valence-electron chi connectivity index (χ3n) is 3.00. The molecule has 0 saturated heterocycles. The summed E-state index contributed by atoms with van der Waals surface area (Å²) in [5, 5.41) is 1.51. The van der Waals surface area contributed by atoms with Crippen molar-refractivity contribution >= 4 is 44.1 Å². The summed E-state index contributed by atoms with van der Waals surface area (Å²) in [6.45, 7) is 1.22. The van der Waals surface area contributed by atoms with Gasteiger partial charge in [-0.15, -0.1) is 0 Å². The summed E-state index contributed by atoms with van der Waals surface area (Å²) in [6, 6.07) is 3.71. The Hall–Kier alpha value is -0.840. The molecule has 1 aromatic carbocycles. The molecule has 0 fully saturated rings. The molecule has 0 radical (unpaired) electrons. The number of halogens is 2. The zero-order valence-corrected chi connectivity index (χ0v) is 11.3. The minimum atomic E-state index is 0.531. The van der Waals surface area contributed by atoms with Crippen molar-refractivity contribution in [1.29, 1.82) is 0 Å². The molecule has 0 unspecified atom stereocenters. The molecular formula is C12H10BrClN2O. The molecule has 1 aromatic heterocycles. The van der Waals surface area contributed by atoms with Gasteiger partial charge in [0.25, 0.3) is 0 Å². The van der Waals surface area contributed by atoms with E-state index in [4.69, 9.17) is 22.1 Å². The van der Waals surface area contributed by atoms with Gasteiger partial charge < -0.3 is 10.5 Å². The zero-order valence-electron chi connectivity index (χ0n) is 8.96. The van der Waals surface area contributed by atoms with E-state index in [1.165, 1.54) is 0 Å².